The molecule has 0 fully saturated rings. The van der Waals surface area contributed by atoms with Gasteiger partial charge in [-0.1, -0.05) is 18.2 Å². The van der Waals surface area contributed by atoms with Crippen molar-refractivity contribution in [2.75, 3.05) is 19.7 Å². The molecule has 2 aromatic rings. The molecule has 0 unspecified atom stereocenters. The molecule has 0 atom stereocenters. The third-order valence-electron chi connectivity index (χ3n) is 3.25. The van der Waals surface area contributed by atoms with Crippen molar-refractivity contribution in [3.05, 3.63) is 65.7 Å². The summed E-state index contributed by atoms with van der Waals surface area (Å²) >= 11 is 0. The van der Waals surface area contributed by atoms with Crippen LogP contribution in [0.15, 0.2) is 48.5 Å². The van der Waals surface area contributed by atoms with Crippen molar-refractivity contribution < 1.29 is 23.1 Å². The summed E-state index contributed by atoms with van der Waals surface area (Å²) in [5.41, 5.74) is -0.266. The highest BCUT2D eigenvalue weighted by Crippen LogP contribution is 2.09. The fraction of sp³-hybridized carbons (Fsp3) is 0.222. The maximum Gasteiger partial charge on any atom is 0.254 e. The lowest BCUT2D eigenvalue weighted by molar-refractivity contribution is -0.121. The molecule has 132 valence electrons. The number of para-hydroxylation sites is 1. The number of hydrogen-bond acceptors (Lipinski definition) is 3. The van der Waals surface area contributed by atoms with Crippen LogP contribution in [0.5, 0.6) is 5.75 Å². The van der Waals surface area contributed by atoms with Crippen LogP contribution in [0.1, 0.15) is 16.8 Å². The Morgan fingerprint density at radius 3 is 2.44 bits per heavy atom. The third-order valence-corrected chi connectivity index (χ3v) is 3.25. The van der Waals surface area contributed by atoms with E-state index in [-0.39, 0.29) is 24.4 Å². The van der Waals surface area contributed by atoms with Crippen molar-refractivity contribution in [3.63, 3.8) is 0 Å². The molecule has 0 aliphatic heterocycles. The zero-order valence-electron chi connectivity index (χ0n) is 13.4. The summed E-state index contributed by atoms with van der Waals surface area (Å²) in [5.74, 6) is -1.95. The van der Waals surface area contributed by atoms with E-state index in [1.54, 1.807) is 0 Å². The highest BCUT2D eigenvalue weighted by Gasteiger charge is 2.12. The summed E-state index contributed by atoms with van der Waals surface area (Å²) in [5, 5.41) is 5.06. The van der Waals surface area contributed by atoms with Gasteiger partial charge in [-0.05, 0) is 24.3 Å². The molecular formula is C18H18F2N2O3. The average molecular weight is 348 g/mol. The molecule has 7 heteroatoms. The molecule has 5 nitrogen and oxygen atoms in total. The first-order chi connectivity index (χ1) is 12.1. The fourth-order valence-electron chi connectivity index (χ4n) is 2.02. The number of benzene rings is 2. The second-order valence-electron chi connectivity index (χ2n) is 5.14. The maximum atomic E-state index is 13.4. The van der Waals surface area contributed by atoms with Crippen LogP contribution >= 0.6 is 0 Å². The van der Waals surface area contributed by atoms with E-state index in [0.29, 0.717) is 25.0 Å². The normalized spacial score (nSPS) is 10.2. The molecule has 0 aliphatic carbocycles. The molecule has 0 bridgehead atoms. The van der Waals surface area contributed by atoms with E-state index in [0.717, 1.165) is 12.1 Å². The lowest BCUT2D eigenvalue weighted by atomic mass is 10.2. The predicted molar refractivity (Wildman–Crippen MR) is 88.3 cm³/mol. The lowest BCUT2D eigenvalue weighted by Gasteiger charge is -2.08. The first-order valence-electron chi connectivity index (χ1n) is 7.74. The highest BCUT2D eigenvalue weighted by molar-refractivity contribution is 5.94. The summed E-state index contributed by atoms with van der Waals surface area (Å²) in [7, 11) is 0. The van der Waals surface area contributed by atoms with E-state index in [1.165, 1.54) is 0 Å². The van der Waals surface area contributed by atoms with E-state index in [2.05, 4.69) is 10.6 Å². The molecule has 0 aromatic heterocycles. The number of hydrogen-bond donors (Lipinski definition) is 2. The second kappa shape index (κ2) is 9.36. The number of carbonyl (C=O) groups is 2. The van der Waals surface area contributed by atoms with Crippen LogP contribution in [0.2, 0.25) is 0 Å². The molecule has 0 saturated carbocycles. The maximum absolute atomic E-state index is 13.4. The van der Waals surface area contributed by atoms with Crippen molar-refractivity contribution in [1.29, 1.82) is 0 Å². The molecule has 0 radical (unpaired) electrons. The van der Waals surface area contributed by atoms with Crippen molar-refractivity contribution >= 4 is 11.8 Å². The van der Waals surface area contributed by atoms with E-state index in [4.69, 9.17) is 4.74 Å². The summed E-state index contributed by atoms with van der Waals surface area (Å²) in [6.07, 6.45) is 0.0416. The van der Waals surface area contributed by atoms with Crippen LogP contribution < -0.4 is 15.4 Å². The largest absolute Gasteiger partial charge is 0.492 e. The quantitative estimate of drug-likeness (QED) is 0.719. The Kier molecular flexibility index (Phi) is 6.88. The topological polar surface area (TPSA) is 67.4 Å². The van der Waals surface area contributed by atoms with E-state index >= 15 is 0 Å². The minimum absolute atomic E-state index is 0.0416. The average Bonchev–Trinajstić information content (AvgIpc) is 2.59. The summed E-state index contributed by atoms with van der Waals surface area (Å²) in [6.45, 7) is 0.693. The van der Waals surface area contributed by atoms with Crippen molar-refractivity contribution in [3.8, 4) is 5.75 Å². The van der Waals surface area contributed by atoms with E-state index in [9.17, 15) is 18.4 Å². The lowest BCUT2D eigenvalue weighted by Crippen LogP contribution is -2.33. The third kappa shape index (κ3) is 6.21. The van der Waals surface area contributed by atoms with Gasteiger partial charge in [-0.25, -0.2) is 8.78 Å². The number of amides is 2. The molecule has 2 rings (SSSR count). The molecule has 0 heterocycles. The summed E-state index contributed by atoms with van der Waals surface area (Å²) < 4.78 is 31.7. The highest BCUT2D eigenvalue weighted by atomic mass is 19.1. The van der Waals surface area contributed by atoms with Gasteiger partial charge in [0.2, 0.25) is 5.91 Å². The number of halogens is 2. The van der Waals surface area contributed by atoms with E-state index < -0.39 is 17.5 Å². The van der Waals surface area contributed by atoms with E-state index in [1.807, 2.05) is 30.3 Å². The summed E-state index contributed by atoms with van der Waals surface area (Å²) in [4.78, 5) is 23.4. The van der Waals surface area contributed by atoms with Crippen molar-refractivity contribution in [1.82, 2.24) is 10.6 Å². The SMILES string of the molecule is O=C(CCNC(=O)c1ccc(F)cc1F)NCCOc1ccccc1. The molecule has 0 spiro atoms. The van der Waals surface area contributed by atoms with Gasteiger partial charge in [0, 0.05) is 19.0 Å². The molecular weight excluding hydrogens is 330 g/mol. The molecule has 2 aromatic carbocycles. The number of nitrogens with one attached hydrogen (secondary N) is 2. The van der Waals surface area contributed by atoms with Crippen LogP contribution in [0.25, 0.3) is 0 Å². The Bertz CT molecular complexity index is 724. The van der Waals surface area contributed by atoms with Crippen LogP contribution in [0.3, 0.4) is 0 Å². The fourth-order valence-corrected chi connectivity index (χ4v) is 2.02. The summed E-state index contributed by atoms with van der Waals surface area (Å²) in [6, 6.07) is 11.9. The van der Waals surface area contributed by atoms with Crippen LogP contribution in [-0.4, -0.2) is 31.5 Å². The monoisotopic (exact) mass is 348 g/mol. The molecule has 0 saturated heterocycles. The van der Waals surface area contributed by atoms with Crippen molar-refractivity contribution in [2.24, 2.45) is 0 Å². The minimum Gasteiger partial charge on any atom is -0.492 e. The van der Waals surface area contributed by atoms with Gasteiger partial charge in [0.1, 0.15) is 24.0 Å². The van der Waals surface area contributed by atoms with Gasteiger partial charge in [0.25, 0.3) is 5.91 Å². The predicted octanol–water partition coefficient (Wildman–Crippen LogP) is 2.28. The Morgan fingerprint density at radius 2 is 1.72 bits per heavy atom. The number of rotatable bonds is 8. The van der Waals surface area contributed by atoms with Gasteiger partial charge in [0.15, 0.2) is 0 Å². The van der Waals surface area contributed by atoms with Crippen LogP contribution in [0.4, 0.5) is 8.78 Å². The van der Waals surface area contributed by atoms with Crippen LogP contribution in [0, 0.1) is 11.6 Å². The Hall–Kier alpha value is -2.96. The molecule has 0 aliphatic rings. The van der Waals surface area contributed by atoms with Gasteiger partial charge in [0.05, 0.1) is 12.1 Å². The second-order valence-corrected chi connectivity index (χ2v) is 5.14. The standard InChI is InChI=1S/C18H18F2N2O3/c19-13-6-7-15(16(20)12-13)18(24)22-9-8-17(23)21-10-11-25-14-4-2-1-3-5-14/h1-7,12H,8-11H2,(H,21,23)(H,22,24). The smallest absolute Gasteiger partial charge is 0.254 e. The molecule has 2 N–H and O–H groups in total. The van der Waals surface area contributed by atoms with Gasteiger partial charge in [-0.15, -0.1) is 0 Å². The van der Waals surface area contributed by atoms with Gasteiger partial charge >= 0.3 is 0 Å². The Morgan fingerprint density at radius 1 is 0.960 bits per heavy atom. The minimum atomic E-state index is -0.944. The molecule has 2 amide bonds. The molecule has 25 heavy (non-hydrogen) atoms. The van der Waals surface area contributed by atoms with Gasteiger partial charge in [-0.3, -0.25) is 9.59 Å². The van der Waals surface area contributed by atoms with Gasteiger partial charge < -0.3 is 15.4 Å². The van der Waals surface area contributed by atoms with Gasteiger partial charge in [-0.2, -0.15) is 0 Å². The Labute approximate surface area is 144 Å². The zero-order valence-corrected chi connectivity index (χ0v) is 13.4. The first kappa shape index (κ1) is 18.4. The first-order valence-corrected chi connectivity index (χ1v) is 7.74. The Balaban J connectivity index is 1.62. The van der Waals surface area contributed by atoms with Crippen LogP contribution in [-0.2, 0) is 4.79 Å². The van der Waals surface area contributed by atoms with Crippen molar-refractivity contribution in [2.45, 2.75) is 6.42 Å². The number of carbonyl (C=O) groups excluding carboxylic acids is 2. The number of ether oxygens (including phenoxy) is 1. The zero-order chi connectivity index (χ0) is 18.1.